The summed E-state index contributed by atoms with van der Waals surface area (Å²) in [7, 11) is 0. The fourth-order valence-corrected chi connectivity index (χ4v) is 2.09. The highest BCUT2D eigenvalue weighted by molar-refractivity contribution is 5.85. The molecule has 0 radical (unpaired) electrons. The maximum atomic E-state index is 11.2. The van der Waals surface area contributed by atoms with Gasteiger partial charge < -0.3 is 4.74 Å². The fraction of sp³-hybridized carbons (Fsp3) is 0.375. The van der Waals surface area contributed by atoms with Crippen LogP contribution < -0.4 is 4.74 Å². The van der Waals surface area contributed by atoms with E-state index in [0.29, 0.717) is 18.1 Å². The van der Waals surface area contributed by atoms with Crippen LogP contribution in [0.1, 0.15) is 31.1 Å². The van der Waals surface area contributed by atoms with E-state index in [1.165, 1.54) is 0 Å². The Kier molecular flexibility index (Phi) is 4.56. The van der Waals surface area contributed by atoms with Gasteiger partial charge in [0.1, 0.15) is 11.4 Å². The third-order valence-corrected chi connectivity index (χ3v) is 2.91. The SMILES string of the molecule is CCOc1ccc(-c2nn(CC(C)C)cc2C=O)cc1. The Balaban J connectivity index is 2.30. The fourth-order valence-electron chi connectivity index (χ4n) is 2.09. The molecule has 0 fully saturated rings. The normalized spacial score (nSPS) is 10.8. The number of benzene rings is 1. The molecule has 0 saturated heterocycles. The third-order valence-electron chi connectivity index (χ3n) is 2.91. The van der Waals surface area contributed by atoms with Gasteiger partial charge in [0.2, 0.25) is 0 Å². The first-order valence-electron chi connectivity index (χ1n) is 6.90. The largest absolute Gasteiger partial charge is 0.494 e. The van der Waals surface area contributed by atoms with Crippen molar-refractivity contribution in [3.63, 3.8) is 0 Å². The van der Waals surface area contributed by atoms with Gasteiger partial charge in [-0.1, -0.05) is 13.8 Å². The first kappa shape index (κ1) is 14.3. The topological polar surface area (TPSA) is 44.1 Å². The quantitative estimate of drug-likeness (QED) is 0.757. The summed E-state index contributed by atoms with van der Waals surface area (Å²) in [6, 6.07) is 7.66. The number of hydrogen-bond acceptors (Lipinski definition) is 3. The molecular formula is C16H20N2O2. The van der Waals surface area contributed by atoms with E-state index in [4.69, 9.17) is 4.74 Å². The van der Waals surface area contributed by atoms with E-state index < -0.39 is 0 Å². The molecule has 1 heterocycles. The molecule has 1 aromatic heterocycles. The predicted molar refractivity (Wildman–Crippen MR) is 79.1 cm³/mol. The van der Waals surface area contributed by atoms with Crippen molar-refractivity contribution in [3.05, 3.63) is 36.0 Å². The Morgan fingerprint density at radius 3 is 2.55 bits per heavy atom. The van der Waals surface area contributed by atoms with Crippen LogP contribution >= 0.6 is 0 Å². The molecule has 0 aliphatic rings. The summed E-state index contributed by atoms with van der Waals surface area (Å²) in [6.45, 7) is 7.64. The second-order valence-electron chi connectivity index (χ2n) is 5.12. The van der Waals surface area contributed by atoms with Gasteiger partial charge in [-0.15, -0.1) is 0 Å². The Morgan fingerprint density at radius 2 is 2.00 bits per heavy atom. The van der Waals surface area contributed by atoms with Gasteiger partial charge in [-0.2, -0.15) is 5.10 Å². The van der Waals surface area contributed by atoms with Gasteiger partial charge in [-0.25, -0.2) is 0 Å². The van der Waals surface area contributed by atoms with Crippen LogP contribution in [0.3, 0.4) is 0 Å². The van der Waals surface area contributed by atoms with Crippen LogP contribution in [-0.4, -0.2) is 22.7 Å². The van der Waals surface area contributed by atoms with Crippen molar-refractivity contribution in [1.29, 1.82) is 0 Å². The molecule has 1 aromatic carbocycles. The summed E-state index contributed by atoms with van der Waals surface area (Å²) in [5, 5.41) is 4.51. The molecule has 0 spiro atoms. The van der Waals surface area contributed by atoms with E-state index in [0.717, 1.165) is 29.8 Å². The van der Waals surface area contributed by atoms with E-state index in [-0.39, 0.29) is 0 Å². The minimum absolute atomic E-state index is 0.489. The minimum atomic E-state index is 0.489. The highest BCUT2D eigenvalue weighted by Crippen LogP contribution is 2.24. The van der Waals surface area contributed by atoms with Crippen molar-refractivity contribution in [3.8, 4) is 17.0 Å². The molecule has 106 valence electrons. The zero-order chi connectivity index (χ0) is 14.5. The molecule has 0 unspecified atom stereocenters. The maximum absolute atomic E-state index is 11.2. The second-order valence-corrected chi connectivity index (χ2v) is 5.12. The number of aromatic nitrogens is 2. The first-order chi connectivity index (χ1) is 9.63. The smallest absolute Gasteiger partial charge is 0.153 e. The maximum Gasteiger partial charge on any atom is 0.153 e. The molecule has 0 saturated carbocycles. The zero-order valence-electron chi connectivity index (χ0n) is 12.2. The standard InChI is InChI=1S/C16H20N2O2/c1-4-20-15-7-5-13(6-8-15)16-14(11-19)10-18(17-16)9-12(2)3/h5-8,10-12H,4,9H2,1-3H3. The molecule has 2 aromatic rings. The highest BCUT2D eigenvalue weighted by atomic mass is 16.5. The lowest BCUT2D eigenvalue weighted by atomic mass is 10.1. The average Bonchev–Trinajstić information content (AvgIpc) is 2.82. The summed E-state index contributed by atoms with van der Waals surface area (Å²) in [4.78, 5) is 11.2. The molecular weight excluding hydrogens is 252 g/mol. The zero-order valence-corrected chi connectivity index (χ0v) is 12.2. The molecule has 0 aliphatic heterocycles. The van der Waals surface area contributed by atoms with Crippen molar-refractivity contribution in [2.75, 3.05) is 6.61 Å². The Bertz CT molecular complexity index is 571. The van der Waals surface area contributed by atoms with Gasteiger partial charge in [-0.05, 0) is 37.1 Å². The summed E-state index contributed by atoms with van der Waals surface area (Å²) >= 11 is 0. The number of nitrogens with zero attached hydrogens (tertiary/aromatic N) is 2. The van der Waals surface area contributed by atoms with Gasteiger partial charge in [0.25, 0.3) is 0 Å². The van der Waals surface area contributed by atoms with Crippen LogP contribution in [0, 0.1) is 5.92 Å². The van der Waals surface area contributed by atoms with Crippen molar-refractivity contribution < 1.29 is 9.53 Å². The van der Waals surface area contributed by atoms with E-state index in [9.17, 15) is 4.79 Å². The third kappa shape index (κ3) is 3.26. The van der Waals surface area contributed by atoms with Crippen molar-refractivity contribution >= 4 is 6.29 Å². The van der Waals surface area contributed by atoms with Crippen LogP contribution in [0.25, 0.3) is 11.3 Å². The van der Waals surface area contributed by atoms with Gasteiger partial charge in [0.15, 0.2) is 6.29 Å². The number of hydrogen-bond donors (Lipinski definition) is 0. The Labute approximate surface area is 119 Å². The van der Waals surface area contributed by atoms with Gasteiger partial charge in [0, 0.05) is 18.3 Å². The minimum Gasteiger partial charge on any atom is -0.494 e. The van der Waals surface area contributed by atoms with Crippen LogP contribution in [0.2, 0.25) is 0 Å². The monoisotopic (exact) mass is 272 g/mol. The number of rotatable bonds is 6. The molecule has 4 nitrogen and oxygen atoms in total. The Morgan fingerprint density at radius 1 is 1.30 bits per heavy atom. The van der Waals surface area contributed by atoms with Gasteiger partial charge >= 0.3 is 0 Å². The van der Waals surface area contributed by atoms with Crippen molar-refractivity contribution in [1.82, 2.24) is 9.78 Å². The summed E-state index contributed by atoms with van der Waals surface area (Å²) in [5.41, 5.74) is 2.27. The van der Waals surface area contributed by atoms with Crippen LogP contribution in [0.5, 0.6) is 5.75 Å². The van der Waals surface area contributed by atoms with Crippen LogP contribution in [-0.2, 0) is 6.54 Å². The molecule has 0 N–H and O–H groups in total. The lowest BCUT2D eigenvalue weighted by Gasteiger charge is -2.05. The van der Waals surface area contributed by atoms with Crippen LogP contribution in [0.4, 0.5) is 0 Å². The van der Waals surface area contributed by atoms with Gasteiger partial charge in [-0.3, -0.25) is 9.48 Å². The molecule has 20 heavy (non-hydrogen) atoms. The van der Waals surface area contributed by atoms with Crippen molar-refractivity contribution in [2.24, 2.45) is 5.92 Å². The highest BCUT2D eigenvalue weighted by Gasteiger charge is 2.11. The summed E-state index contributed by atoms with van der Waals surface area (Å²) in [5.74, 6) is 1.31. The first-order valence-corrected chi connectivity index (χ1v) is 6.90. The molecule has 4 heteroatoms. The number of carbonyl (C=O) groups excluding carboxylic acids is 1. The van der Waals surface area contributed by atoms with E-state index in [2.05, 4.69) is 18.9 Å². The molecule has 0 atom stereocenters. The Hall–Kier alpha value is -2.10. The number of aldehydes is 1. The van der Waals surface area contributed by atoms with E-state index in [1.54, 1.807) is 6.20 Å². The molecule has 0 bridgehead atoms. The summed E-state index contributed by atoms with van der Waals surface area (Å²) in [6.07, 6.45) is 2.66. The molecule has 0 aliphatic carbocycles. The van der Waals surface area contributed by atoms with E-state index in [1.807, 2.05) is 35.9 Å². The lowest BCUT2D eigenvalue weighted by Crippen LogP contribution is -2.04. The number of carbonyl (C=O) groups is 1. The lowest BCUT2D eigenvalue weighted by molar-refractivity contribution is 0.112. The number of ether oxygens (including phenoxy) is 1. The molecule has 0 amide bonds. The second kappa shape index (κ2) is 6.37. The van der Waals surface area contributed by atoms with Crippen LogP contribution in [0.15, 0.2) is 30.5 Å². The predicted octanol–water partition coefficient (Wildman–Crippen LogP) is 3.42. The van der Waals surface area contributed by atoms with E-state index >= 15 is 0 Å². The van der Waals surface area contributed by atoms with Gasteiger partial charge in [0.05, 0.1) is 12.2 Å². The summed E-state index contributed by atoms with van der Waals surface area (Å²) < 4.78 is 7.25. The average molecular weight is 272 g/mol. The van der Waals surface area contributed by atoms with Crippen molar-refractivity contribution in [2.45, 2.75) is 27.3 Å². The molecule has 2 rings (SSSR count).